The number of aliphatic hydroxyl groups is 1. The molecular formula is CH4OS2Te. The summed E-state index contributed by atoms with van der Waals surface area (Å²) in [7, 11) is 0. The van der Waals surface area contributed by atoms with Crippen molar-refractivity contribution in [2.24, 2.45) is 0 Å². The topological polar surface area (TPSA) is 20.2 Å². The molecule has 5 heavy (non-hydrogen) atoms. The summed E-state index contributed by atoms with van der Waals surface area (Å²) >= 11 is 7.21. The van der Waals surface area contributed by atoms with E-state index in [0.717, 1.165) is 0 Å². The van der Waals surface area contributed by atoms with E-state index < -0.39 is 0 Å². The van der Waals surface area contributed by atoms with Crippen LogP contribution in [0.3, 0.4) is 0 Å². The second-order valence-electron chi connectivity index (χ2n) is 0.283. The van der Waals surface area contributed by atoms with Gasteiger partial charge in [0.1, 0.15) is 0 Å². The quantitative estimate of drug-likeness (QED) is 0.338. The van der Waals surface area contributed by atoms with Gasteiger partial charge in [0, 0.05) is 0 Å². The molecule has 1 N–H and O–H groups in total. The molecule has 0 aromatic carbocycles. The van der Waals surface area contributed by atoms with Crippen LogP contribution < -0.4 is 0 Å². The molecule has 0 bridgehead atoms. The summed E-state index contributed by atoms with van der Waals surface area (Å²) in [6, 6.07) is 0. The molecule has 0 aromatic rings. The number of aliphatic hydroxyl groups excluding tert-OH is 1. The first-order chi connectivity index (χ1) is 1.73. The van der Waals surface area contributed by atoms with Gasteiger partial charge in [0.05, 0.1) is 0 Å². The van der Waals surface area contributed by atoms with Gasteiger partial charge in [-0.1, -0.05) is 12.6 Å². The number of hydrogen-bond acceptors (Lipinski definition) is 1. The van der Waals surface area contributed by atoms with E-state index in [1.54, 1.807) is 0 Å². The molecule has 0 aliphatic carbocycles. The summed E-state index contributed by atoms with van der Waals surface area (Å²) in [4.78, 5) is 0. The molecule has 4 heteroatoms. The van der Waals surface area contributed by atoms with Crippen LogP contribution >= 0.6 is 24.8 Å². The predicted molar refractivity (Wildman–Crippen MR) is 32.8 cm³/mol. The predicted octanol–water partition coefficient (Wildman–Crippen LogP) is -0.157. The van der Waals surface area contributed by atoms with E-state index >= 15 is 0 Å². The van der Waals surface area contributed by atoms with Crippen molar-refractivity contribution < 1.29 is 5.11 Å². The second-order valence-corrected chi connectivity index (χ2v) is 1.40. The van der Waals surface area contributed by atoms with Crippen LogP contribution in [0.4, 0.5) is 0 Å². The van der Waals surface area contributed by atoms with Crippen molar-refractivity contribution in [3.63, 3.8) is 0 Å². The van der Waals surface area contributed by atoms with Crippen molar-refractivity contribution in [2.45, 2.75) is 0 Å². The second kappa shape index (κ2) is 5.03. The molecule has 0 aliphatic heterocycles. The third kappa shape index (κ3) is 43.5. The average molecular weight is 224 g/mol. The van der Waals surface area contributed by atoms with Crippen molar-refractivity contribution in [1.29, 1.82) is 0 Å². The number of thiocarbonyl (C=S) groups is 1. The fourth-order valence-electron chi connectivity index (χ4n) is 0. The zero-order valence-electron chi connectivity index (χ0n) is 2.30. The number of rotatable bonds is 0. The number of thiol groups is 1. The summed E-state index contributed by atoms with van der Waals surface area (Å²) in [6.45, 7) is 0. The van der Waals surface area contributed by atoms with Gasteiger partial charge in [-0.25, -0.2) is 0 Å². The molecule has 0 spiro atoms. The van der Waals surface area contributed by atoms with Crippen LogP contribution in [0.25, 0.3) is 0 Å². The van der Waals surface area contributed by atoms with E-state index in [-0.39, 0.29) is 28.0 Å². The first-order valence-corrected chi connectivity index (χ1v) is 1.51. The minimum absolute atomic E-state index is 0. The Bertz CT molecular complexity index is 32.6. The first kappa shape index (κ1) is 9.39. The molecule has 0 fully saturated rings. The molecule has 0 rings (SSSR count). The van der Waals surface area contributed by atoms with Gasteiger partial charge in [-0.05, 0) is 12.2 Å². The third-order valence-electron chi connectivity index (χ3n) is 0. The first-order valence-electron chi connectivity index (χ1n) is 0.651. The van der Waals surface area contributed by atoms with Gasteiger partial charge in [-0.15, -0.1) is 0 Å². The molecule has 0 unspecified atom stereocenters. The zero-order chi connectivity index (χ0) is 3.58. The average Bonchev–Trinajstić information content (AvgIpc) is 0.811. The van der Waals surface area contributed by atoms with Crippen molar-refractivity contribution in [1.82, 2.24) is 0 Å². The summed E-state index contributed by atoms with van der Waals surface area (Å²) in [6.07, 6.45) is 0. The van der Waals surface area contributed by atoms with Crippen molar-refractivity contribution in [3.05, 3.63) is 0 Å². The van der Waals surface area contributed by atoms with Crippen LogP contribution in [-0.2, 0) is 0 Å². The molecule has 0 amide bonds. The van der Waals surface area contributed by atoms with Gasteiger partial charge in [0.15, 0.2) is 0 Å². The zero-order valence-corrected chi connectivity index (χ0v) is 6.87. The monoisotopic (exact) mass is 226 g/mol. The van der Waals surface area contributed by atoms with Gasteiger partial charge in [-0.2, -0.15) is 0 Å². The van der Waals surface area contributed by atoms with Crippen molar-refractivity contribution >= 4 is 52.9 Å². The molecule has 0 aromatic heterocycles. The Labute approximate surface area is 57.9 Å². The molecule has 0 heterocycles. The van der Waals surface area contributed by atoms with E-state index in [9.17, 15) is 0 Å². The van der Waals surface area contributed by atoms with Crippen LogP contribution in [0, 0.1) is 0 Å². The molecule has 0 atom stereocenters. The van der Waals surface area contributed by atoms with Crippen LogP contribution in [0.15, 0.2) is 0 Å². The Hall–Kier alpha value is 1.03. The Balaban J connectivity index is 0. The molecular weight excluding hydrogens is 220 g/mol. The Morgan fingerprint density at radius 2 is 1.80 bits per heavy atom. The standard InChI is InChI=1S/CH2OS2.H2Te/c2-1(3)4;/h(H2,2,3,4);1H2. The molecule has 0 aliphatic rings. The fraction of sp³-hybridized carbons (Fsp3) is 0. The van der Waals surface area contributed by atoms with Gasteiger partial charge in [0.2, 0.25) is 4.38 Å². The Kier molecular flexibility index (Phi) is 9.45. The molecule has 32 valence electrons. The summed E-state index contributed by atoms with van der Waals surface area (Å²) in [5.74, 6) is 0. The van der Waals surface area contributed by atoms with E-state index in [1.165, 1.54) is 0 Å². The molecule has 0 saturated carbocycles. The van der Waals surface area contributed by atoms with Gasteiger partial charge >= 0.3 is 23.7 Å². The van der Waals surface area contributed by atoms with Crippen LogP contribution in [0.2, 0.25) is 0 Å². The van der Waals surface area contributed by atoms with E-state index in [0.29, 0.717) is 0 Å². The van der Waals surface area contributed by atoms with Crippen LogP contribution in [-0.4, -0.2) is 33.2 Å². The van der Waals surface area contributed by atoms with Crippen LogP contribution in [0.1, 0.15) is 0 Å². The molecule has 0 radical (unpaired) electrons. The van der Waals surface area contributed by atoms with Gasteiger partial charge in [0.25, 0.3) is 0 Å². The summed E-state index contributed by atoms with van der Waals surface area (Å²) in [5, 5.41) is 7.65. The van der Waals surface area contributed by atoms with E-state index in [4.69, 9.17) is 5.11 Å². The van der Waals surface area contributed by atoms with E-state index in [2.05, 4.69) is 24.8 Å². The van der Waals surface area contributed by atoms with Crippen LogP contribution in [0.5, 0.6) is 0 Å². The maximum absolute atomic E-state index is 7.65. The minimum atomic E-state index is -0.306. The van der Waals surface area contributed by atoms with E-state index in [1.807, 2.05) is 0 Å². The molecule has 0 saturated heterocycles. The van der Waals surface area contributed by atoms with Crippen molar-refractivity contribution in [3.8, 4) is 0 Å². The molecule has 1 nitrogen and oxygen atoms in total. The van der Waals surface area contributed by atoms with Gasteiger partial charge in [-0.3, -0.25) is 0 Å². The third-order valence-corrected chi connectivity index (χ3v) is 0. The Morgan fingerprint density at radius 1 is 1.80 bits per heavy atom. The summed E-state index contributed by atoms with van der Waals surface area (Å²) < 4.78 is -0.306. The maximum atomic E-state index is 7.65. The number of hydrogen-bond donors (Lipinski definition) is 2. The SMILES string of the molecule is OC(=S)S.[TeH2]. The summed E-state index contributed by atoms with van der Waals surface area (Å²) in [5.41, 5.74) is 0. The van der Waals surface area contributed by atoms with Crippen molar-refractivity contribution in [2.75, 3.05) is 0 Å². The van der Waals surface area contributed by atoms with Gasteiger partial charge < -0.3 is 5.11 Å². The Morgan fingerprint density at radius 3 is 1.80 bits per heavy atom. The normalized spacial score (nSPS) is 5.00. The fourth-order valence-corrected chi connectivity index (χ4v) is 0.